The van der Waals surface area contributed by atoms with Crippen molar-refractivity contribution in [2.75, 3.05) is 42.9 Å². The minimum absolute atomic E-state index is 0.153. The van der Waals surface area contributed by atoms with E-state index >= 15 is 0 Å². The average Bonchev–Trinajstić information content (AvgIpc) is 2.68. The van der Waals surface area contributed by atoms with E-state index in [2.05, 4.69) is 22.0 Å². The van der Waals surface area contributed by atoms with E-state index in [4.69, 9.17) is 11.6 Å². The second kappa shape index (κ2) is 9.05. The third-order valence-corrected chi connectivity index (χ3v) is 5.25. The summed E-state index contributed by atoms with van der Waals surface area (Å²) in [7, 11) is 0. The SMILES string of the molecule is CCN1CCN(c2ccc(Cl)cc2NC(=O)Cc2cccc(C(F)(F)F)c2)CC1. The van der Waals surface area contributed by atoms with Crippen LogP contribution in [0.2, 0.25) is 5.02 Å². The van der Waals surface area contributed by atoms with Gasteiger partial charge in [-0.15, -0.1) is 0 Å². The van der Waals surface area contributed by atoms with Gasteiger partial charge in [-0.25, -0.2) is 0 Å². The molecule has 0 aromatic heterocycles. The van der Waals surface area contributed by atoms with Gasteiger partial charge in [-0.2, -0.15) is 13.2 Å². The summed E-state index contributed by atoms with van der Waals surface area (Å²) in [6, 6.07) is 10.1. The highest BCUT2D eigenvalue weighted by Gasteiger charge is 2.30. The van der Waals surface area contributed by atoms with E-state index in [0.29, 0.717) is 16.3 Å². The van der Waals surface area contributed by atoms with Gasteiger partial charge in [0.15, 0.2) is 0 Å². The van der Waals surface area contributed by atoms with Crippen LogP contribution < -0.4 is 10.2 Å². The summed E-state index contributed by atoms with van der Waals surface area (Å²) in [6.45, 7) is 6.62. The maximum atomic E-state index is 12.9. The number of piperazine rings is 1. The molecule has 0 saturated carbocycles. The first-order valence-electron chi connectivity index (χ1n) is 9.49. The minimum atomic E-state index is -4.44. The zero-order valence-electron chi connectivity index (χ0n) is 16.1. The molecule has 2 aromatic carbocycles. The van der Waals surface area contributed by atoms with Crippen LogP contribution in [0.4, 0.5) is 24.5 Å². The topological polar surface area (TPSA) is 35.6 Å². The lowest BCUT2D eigenvalue weighted by Crippen LogP contribution is -2.46. The Balaban J connectivity index is 1.73. The normalized spacial score (nSPS) is 15.4. The minimum Gasteiger partial charge on any atom is -0.367 e. The fourth-order valence-corrected chi connectivity index (χ4v) is 3.60. The van der Waals surface area contributed by atoms with Gasteiger partial charge in [0.05, 0.1) is 23.4 Å². The lowest BCUT2D eigenvalue weighted by atomic mass is 10.1. The van der Waals surface area contributed by atoms with Crippen LogP contribution in [0.5, 0.6) is 0 Å². The Hall–Kier alpha value is -2.25. The van der Waals surface area contributed by atoms with Crippen molar-refractivity contribution in [1.82, 2.24) is 4.90 Å². The molecule has 0 bridgehead atoms. The largest absolute Gasteiger partial charge is 0.416 e. The molecule has 0 spiro atoms. The van der Waals surface area contributed by atoms with Gasteiger partial charge in [0, 0.05) is 31.2 Å². The van der Waals surface area contributed by atoms with Crippen molar-refractivity contribution >= 4 is 28.9 Å². The highest BCUT2D eigenvalue weighted by atomic mass is 35.5. The molecule has 1 fully saturated rings. The monoisotopic (exact) mass is 425 g/mol. The first-order valence-corrected chi connectivity index (χ1v) is 9.87. The summed E-state index contributed by atoms with van der Waals surface area (Å²) < 4.78 is 38.7. The van der Waals surface area contributed by atoms with E-state index < -0.39 is 11.7 Å². The smallest absolute Gasteiger partial charge is 0.367 e. The molecule has 1 heterocycles. The van der Waals surface area contributed by atoms with Gasteiger partial charge in [0.25, 0.3) is 0 Å². The maximum absolute atomic E-state index is 12.9. The van der Waals surface area contributed by atoms with Crippen LogP contribution in [0.15, 0.2) is 42.5 Å². The summed E-state index contributed by atoms with van der Waals surface area (Å²) in [5, 5.41) is 3.30. The summed E-state index contributed by atoms with van der Waals surface area (Å²) in [4.78, 5) is 17.1. The molecule has 0 radical (unpaired) electrons. The Kier molecular flexibility index (Phi) is 6.70. The van der Waals surface area contributed by atoms with E-state index in [-0.39, 0.29) is 12.3 Å². The molecule has 1 aliphatic rings. The summed E-state index contributed by atoms with van der Waals surface area (Å²) in [5.41, 5.74) is 0.972. The fraction of sp³-hybridized carbons (Fsp3) is 0.381. The third kappa shape index (κ3) is 5.64. The van der Waals surface area contributed by atoms with E-state index in [1.54, 1.807) is 12.1 Å². The van der Waals surface area contributed by atoms with Gasteiger partial charge >= 0.3 is 6.18 Å². The Bertz CT molecular complexity index is 864. The van der Waals surface area contributed by atoms with Crippen molar-refractivity contribution in [3.05, 3.63) is 58.6 Å². The number of nitrogens with zero attached hydrogens (tertiary/aromatic N) is 2. The molecule has 8 heteroatoms. The molecule has 1 saturated heterocycles. The number of alkyl halides is 3. The molecule has 0 unspecified atom stereocenters. The first kappa shape index (κ1) is 21.5. The molecular weight excluding hydrogens is 403 g/mol. The van der Waals surface area contributed by atoms with Gasteiger partial charge in [-0.1, -0.05) is 36.7 Å². The molecule has 3 rings (SSSR count). The zero-order valence-corrected chi connectivity index (χ0v) is 16.9. The Morgan fingerprint density at radius 2 is 1.83 bits per heavy atom. The van der Waals surface area contributed by atoms with Gasteiger partial charge in [0.1, 0.15) is 0 Å². The van der Waals surface area contributed by atoms with Crippen LogP contribution in [-0.4, -0.2) is 43.5 Å². The molecule has 0 atom stereocenters. The lowest BCUT2D eigenvalue weighted by molar-refractivity contribution is -0.137. The Labute approximate surface area is 173 Å². The predicted molar refractivity (Wildman–Crippen MR) is 110 cm³/mol. The fourth-order valence-electron chi connectivity index (χ4n) is 3.43. The van der Waals surface area contributed by atoms with E-state index in [1.165, 1.54) is 12.1 Å². The average molecular weight is 426 g/mol. The maximum Gasteiger partial charge on any atom is 0.416 e. The van der Waals surface area contributed by atoms with Crippen molar-refractivity contribution < 1.29 is 18.0 Å². The van der Waals surface area contributed by atoms with Crippen LogP contribution in [0.3, 0.4) is 0 Å². The van der Waals surface area contributed by atoms with Gasteiger partial charge < -0.3 is 15.1 Å². The number of hydrogen-bond acceptors (Lipinski definition) is 3. The van der Waals surface area contributed by atoms with Crippen LogP contribution in [-0.2, 0) is 17.4 Å². The van der Waals surface area contributed by atoms with Crippen molar-refractivity contribution in [3.63, 3.8) is 0 Å². The van der Waals surface area contributed by atoms with Gasteiger partial charge in [-0.05, 0) is 36.4 Å². The molecule has 1 N–H and O–H groups in total. The van der Waals surface area contributed by atoms with Crippen molar-refractivity contribution in [1.29, 1.82) is 0 Å². The van der Waals surface area contributed by atoms with Gasteiger partial charge in [0.2, 0.25) is 5.91 Å². The molecule has 1 amide bonds. The highest BCUT2D eigenvalue weighted by molar-refractivity contribution is 6.31. The van der Waals surface area contributed by atoms with Crippen molar-refractivity contribution in [2.45, 2.75) is 19.5 Å². The molecule has 1 aliphatic heterocycles. The second-order valence-corrected chi connectivity index (χ2v) is 7.44. The molecule has 0 aliphatic carbocycles. The van der Waals surface area contributed by atoms with Crippen LogP contribution >= 0.6 is 11.6 Å². The number of anilines is 2. The Morgan fingerprint density at radius 3 is 2.48 bits per heavy atom. The Morgan fingerprint density at radius 1 is 1.10 bits per heavy atom. The highest BCUT2D eigenvalue weighted by Crippen LogP contribution is 2.31. The van der Waals surface area contributed by atoms with Crippen LogP contribution in [0, 0.1) is 0 Å². The number of benzene rings is 2. The second-order valence-electron chi connectivity index (χ2n) is 7.01. The lowest BCUT2D eigenvalue weighted by Gasteiger charge is -2.36. The van der Waals surface area contributed by atoms with E-state index in [9.17, 15) is 18.0 Å². The van der Waals surface area contributed by atoms with Crippen LogP contribution in [0.1, 0.15) is 18.1 Å². The quantitative estimate of drug-likeness (QED) is 0.755. The molecule has 2 aromatic rings. The molecular formula is C21H23ClF3N3O. The van der Waals surface area contributed by atoms with E-state index in [1.807, 2.05) is 6.07 Å². The summed E-state index contributed by atoms with van der Waals surface area (Å²) in [5.74, 6) is -0.389. The van der Waals surface area contributed by atoms with E-state index in [0.717, 1.165) is 50.5 Å². The van der Waals surface area contributed by atoms with Crippen molar-refractivity contribution in [2.24, 2.45) is 0 Å². The number of halogens is 4. The summed E-state index contributed by atoms with van der Waals surface area (Å²) >= 11 is 6.11. The molecule has 4 nitrogen and oxygen atoms in total. The summed E-state index contributed by atoms with van der Waals surface area (Å²) in [6.07, 6.45) is -4.59. The zero-order chi connectivity index (χ0) is 21.0. The number of carbonyl (C=O) groups excluding carboxylic acids is 1. The number of likely N-dealkylation sites (N-methyl/N-ethyl adjacent to an activating group) is 1. The first-order chi connectivity index (χ1) is 13.8. The predicted octanol–water partition coefficient (Wildman–Crippen LogP) is 4.68. The standard InChI is InChI=1S/C21H23ClF3N3O/c1-2-27-8-10-28(11-9-27)19-7-6-17(22)14-18(19)26-20(29)13-15-4-3-5-16(12-15)21(23,24)25/h3-7,12,14H,2,8-11,13H2,1H3,(H,26,29). The number of carbonyl (C=O) groups is 1. The molecule has 29 heavy (non-hydrogen) atoms. The van der Waals surface area contributed by atoms with Gasteiger partial charge in [-0.3, -0.25) is 4.79 Å². The number of nitrogens with one attached hydrogen (secondary N) is 1. The number of hydrogen-bond donors (Lipinski definition) is 1. The van der Waals surface area contributed by atoms with Crippen LogP contribution in [0.25, 0.3) is 0 Å². The van der Waals surface area contributed by atoms with Crippen molar-refractivity contribution in [3.8, 4) is 0 Å². The number of amides is 1. The number of rotatable bonds is 5. The molecule has 156 valence electrons. The third-order valence-electron chi connectivity index (χ3n) is 5.01.